The Balaban J connectivity index is 1.90. The van der Waals surface area contributed by atoms with Crippen molar-refractivity contribution in [1.29, 1.82) is 0 Å². The van der Waals surface area contributed by atoms with Crippen LogP contribution in [0.25, 0.3) is 39.4 Å². The minimum absolute atomic E-state index is 0.278. The highest BCUT2D eigenvalue weighted by Gasteiger charge is 2.18. The lowest BCUT2D eigenvalue weighted by Crippen LogP contribution is -2.01. The number of hydrogen-bond donors (Lipinski definition) is 0. The molecule has 0 spiro atoms. The first-order valence-corrected chi connectivity index (χ1v) is 8.68. The maximum Gasteiger partial charge on any atom is 0.199 e. The fourth-order valence-corrected chi connectivity index (χ4v) is 3.29. The molecule has 0 fully saturated rings. The van der Waals surface area contributed by atoms with Gasteiger partial charge in [0.05, 0.1) is 16.7 Å². The number of halogens is 1. The van der Waals surface area contributed by atoms with Crippen LogP contribution in [0.2, 0.25) is 0 Å². The van der Waals surface area contributed by atoms with Gasteiger partial charge in [0.1, 0.15) is 11.6 Å². The molecule has 0 amide bonds. The van der Waals surface area contributed by atoms with E-state index in [9.17, 15) is 4.39 Å². The van der Waals surface area contributed by atoms with Crippen LogP contribution in [0, 0.1) is 12.7 Å². The fourth-order valence-electron chi connectivity index (χ4n) is 3.29. The Bertz CT molecular complexity index is 1290. The molecule has 5 aromatic rings. The monoisotopic (exact) mass is 354 g/mol. The minimum atomic E-state index is -0.278. The van der Waals surface area contributed by atoms with Gasteiger partial charge in [-0.1, -0.05) is 30.3 Å². The first kappa shape index (κ1) is 15.6. The van der Waals surface area contributed by atoms with Gasteiger partial charge in [-0.05, 0) is 55.0 Å². The molecule has 0 radical (unpaired) electrons. The molecule has 0 saturated carbocycles. The number of rotatable bonds is 2. The molecule has 3 aromatic carbocycles. The predicted octanol–water partition coefficient (Wildman–Crippen LogP) is 5.08. The highest BCUT2D eigenvalue weighted by atomic mass is 19.1. The van der Waals surface area contributed by atoms with Gasteiger partial charge >= 0.3 is 0 Å². The maximum atomic E-state index is 13.4. The van der Waals surface area contributed by atoms with E-state index in [1.54, 1.807) is 12.1 Å². The summed E-state index contributed by atoms with van der Waals surface area (Å²) in [7, 11) is 0. The van der Waals surface area contributed by atoms with Crippen molar-refractivity contribution in [3.8, 4) is 17.1 Å². The first-order valence-electron chi connectivity index (χ1n) is 8.68. The highest BCUT2D eigenvalue weighted by molar-refractivity contribution is 5.86. The second kappa shape index (κ2) is 5.99. The molecule has 0 saturated heterocycles. The van der Waals surface area contributed by atoms with Gasteiger partial charge in [-0.3, -0.25) is 4.57 Å². The van der Waals surface area contributed by atoms with Gasteiger partial charge in [0.25, 0.3) is 0 Å². The molecule has 0 unspecified atom stereocenters. The van der Waals surface area contributed by atoms with E-state index in [2.05, 4.69) is 4.98 Å². The van der Waals surface area contributed by atoms with Crippen molar-refractivity contribution in [2.24, 2.45) is 0 Å². The molecule has 130 valence electrons. The Hall–Kier alpha value is -3.60. The highest BCUT2D eigenvalue weighted by Crippen LogP contribution is 2.29. The smallest absolute Gasteiger partial charge is 0.199 e. The summed E-state index contributed by atoms with van der Waals surface area (Å²) in [5.74, 6) is 0.411. The quantitative estimate of drug-likeness (QED) is 0.444. The van der Waals surface area contributed by atoms with Crippen LogP contribution in [0.3, 0.4) is 0 Å². The third kappa shape index (κ3) is 2.56. The van der Waals surface area contributed by atoms with Gasteiger partial charge in [-0.15, -0.1) is 0 Å². The third-order valence-electron chi connectivity index (χ3n) is 4.63. The summed E-state index contributed by atoms with van der Waals surface area (Å²) >= 11 is 0. The Kier molecular flexibility index (Phi) is 3.47. The van der Waals surface area contributed by atoms with Crippen LogP contribution >= 0.6 is 0 Å². The topological polar surface area (TPSA) is 43.6 Å². The SMILES string of the molecule is Cc1ccccc1-n1c(-c2ccc(F)cc2)nc2nc3ccccc3nc21. The second-order valence-electron chi connectivity index (χ2n) is 6.42. The first-order chi connectivity index (χ1) is 13.2. The largest absolute Gasteiger partial charge is 0.275 e. The standard InChI is InChI=1S/C22H15FN4/c1-14-6-2-5-9-19(14)27-21(15-10-12-16(23)13-11-15)26-20-22(27)25-18-8-4-3-7-17(18)24-20/h2-13H,1H3. The number of nitrogens with zero attached hydrogens (tertiary/aromatic N) is 4. The molecule has 2 aromatic heterocycles. The maximum absolute atomic E-state index is 13.4. The molecule has 27 heavy (non-hydrogen) atoms. The van der Waals surface area contributed by atoms with E-state index in [0.717, 1.165) is 27.8 Å². The van der Waals surface area contributed by atoms with E-state index >= 15 is 0 Å². The molecule has 0 aliphatic carbocycles. The molecule has 4 nitrogen and oxygen atoms in total. The number of imidazole rings is 1. The number of fused-ring (bicyclic) bond motifs is 2. The van der Waals surface area contributed by atoms with E-state index in [0.29, 0.717) is 17.1 Å². The molecule has 0 N–H and O–H groups in total. The van der Waals surface area contributed by atoms with Crippen molar-refractivity contribution in [3.63, 3.8) is 0 Å². The molecule has 0 bridgehead atoms. The molecule has 5 heteroatoms. The molecule has 5 rings (SSSR count). The number of benzene rings is 3. The van der Waals surface area contributed by atoms with Crippen LogP contribution in [0.5, 0.6) is 0 Å². The summed E-state index contributed by atoms with van der Waals surface area (Å²) in [6, 6.07) is 22.1. The van der Waals surface area contributed by atoms with E-state index in [4.69, 9.17) is 9.97 Å². The molecule has 2 heterocycles. The minimum Gasteiger partial charge on any atom is -0.275 e. The number of aryl methyl sites for hydroxylation is 1. The molecule has 0 aliphatic heterocycles. The molecular formula is C22H15FN4. The van der Waals surface area contributed by atoms with Crippen molar-refractivity contribution >= 4 is 22.3 Å². The van der Waals surface area contributed by atoms with Crippen LogP contribution in [-0.4, -0.2) is 19.5 Å². The van der Waals surface area contributed by atoms with Crippen molar-refractivity contribution in [2.45, 2.75) is 6.92 Å². The van der Waals surface area contributed by atoms with Gasteiger partial charge in [0.15, 0.2) is 11.3 Å². The van der Waals surface area contributed by atoms with Gasteiger partial charge in [-0.25, -0.2) is 19.3 Å². The lowest BCUT2D eigenvalue weighted by Gasteiger charge is -2.11. The van der Waals surface area contributed by atoms with Gasteiger partial charge in [0, 0.05) is 5.56 Å². The van der Waals surface area contributed by atoms with Gasteiger partial charge < -0.3 is 0 Å². The zero-order valence-electron chi connectivity index (χ0n) is 14.6. The average Bonchev–Trinajstić information content (AvgIpc) is 3.05. The van der Waals surface area contributed by atoms with Crippen LogP contribution in [0.1, 0.15) is 5.56 Å². The van der Waals surface area contributed by atoms with Crippen LogP contribution in [-0.2, 0) is 0 Å². The van der Waals surface area contributed by atoms with Crippen molar-refractivity contribution in [1.82, 2.24) is 19.5 Å². The summed E-state index contributed by atoms with van der Waals surface area (Å²) in [6.07, 6.45) is 0. The summed E-state index contributed by atoms with van der Waals surface area (Å²) in [5.41, 5.74) is 5.73. The van der Waals surface area contributed by atoms with Gasteiger partial charge in [0.2, 0.25) is 0 Å². The normalized spacial score (nSPS) is 11.3. The molecule has 0 atom stereocenters. The summed E-state index contributed by atoms with van der Waals surface area (Å²) in [6.45, 7) is 2.05. The number of para-hydroxylation sites is 3. The predicted molar refractivity (Wildman–Crippen MR) is 104 cm³/mol. The molecular weight excluding hydrogens is 339 g/mol. The zero-order chi connectivity index (χ0) is 18.4. The summed E-state index contributed by atoms with van der Waals surface area (Å²) in [4.78, 5) is 14.3. The van der Waals surface area contributed by atoms with Crippen LogP contribution in [0.4, 0.5) is 4.39 Å². The Labute approximate surface area is 155 Å². The zero-order valence-corrected chi connectivity index (χ0v) is 14.6. The van der Waals surface area contributed by atoms with Crippen molar-refractivity contribution in [3.05, 3.63) is 84.2 Å². The second-order valence-corrected chi connectivity index (χ2v) is 6.42. The van der Waals surface area contributed by atoms with Crippen LogP contribution < -0.4 is 0 Å². The summed E-state index contributed by atoms with van der Waals surface area (Å²) < 4.78 is 15.4. The summed E-state index contributed by atoms with van der Waals surface area (Å²) in [5, 5.41) is 0. The lowest BCUT2D eigenvalue weighted by molar-refractivity contribution is 0.628. The van der Waals surface area contributed by atoms with Gasteiger partial charge in [-0.2, -0.15) is 0 Å². The fraction of sp³-hybridized carbons (Fsp3) is 0.0455. The van der Waals surface area contributed by atoms with Crippen molar-refractivity contribution < 1.29 is 4.39 Å². The molecule has 0 aliphatic rings. The Morgan fingerprint density at radius 1 is 0.741 bits per heavy atom. The van der Waals surface area contributed by atoms with E-state index in [1.807, 2.05) is 60.0 Å². The number of aromatic nitrogens is 4. The van der Waals surface area contributed by atoms with Crippen molar-refractivity contribution in [2.75, 3.05) is 0 Å². The van der Waals surface area contributed by atoms with E-state index in [1.165, 1.54) is 12.1 Å². The van der Waals surface area contributed by atoms with E-state index < -0.39 is 0 Å². The van der Waals surface area contributed by atoms with Crippen LogP contribution in [0.15, 0.2) is 72.8 Å². The Morgan fingerprint density at radius 2 is 1.41 bits per heavy atom. The number of hydrogen-bond acceptors (Lipinski definition) is 3. The average molecular weight is 354 g/mol. The Morgan fingerprint density at radius 3 is 2.15 bits per heavy atom. The lowest BCUT2D eigenvalue weighted by atomic mass is 10.1. The van der Waals surface area contributed by atoms with E-state index in [-0.39, 0.29) is 5.82 Å². The third-order valence-corrected chi connectivity index (χ3v) is 4.63.